The third-order valence-corrected chi connectivity index (χ3v) is 13.1. The van der Waals surface area contributed by atoms with Crippen molar-refractivity contribution in [1.29, 1.82) is 0 Å². The first-order chi connectivity index (χ1) is 42.6. The number of unbranched alkanes of at least 4 members (excludes halogenated alkanes) is 10. The fourth-order valence-electron chi connectivity index (χ4n) is 8.20. The molecule has 0 aromatic rings. The Hall–Kier alpha value is -6.30. The molecule has 0 rings (SSSR count). The summed E-state index contributed by atoms with van der Waals surface area (Å²) in [5.74, 6) is -0.672. The second-order valence-corrected chi connectivity index (χ2v) is 21.1. The topological polar surface area (TPSA) is 72.8 Å². The standard InChI is InChI=1S/C81H120O5/c1-3-5-7-9-11-13-15-17-19-21-23-25-27-29-31-33-35-37-38-39-40-41-42-44-46-48-50-52-54-56-58-60-62-64-66-68-70-72-74-76-81(84)86-79(77-82)78-85-80(83)75-73-71-69-67-65-63-61-59-57-55-53-51-49-47-45-43-36-34-32-30-28-26-24-22-20-18-16-14-12-10-8-6-4-2/h5-8,11-14,17-20,23-26,29-32,35-37,39-40,42-44,47-50,53-56,59,61,65,67,79,82H,3-4,9-10,15-16,21-22,27-28,33-34,38,41,45-46,51-52,57-58,60,62-64,66,68-78H2,1-2H3/b7-5-,8-6-,13-11-,14-12-,19-17-,20-18-,25-23-,26-24-,31-29-,32-30-,37-35-,40-39-,43-36-,44-42-,49-47-,50-48-,55-53-,56-54-,61-59-,67-65-. The van der Waals surface area contributed by atoms with E-state index in [1.165, 1.54) is 32.1 Å². The van der Waals surface area contributed by atoms with Crippen molar-refractivity contribution in [3.05, 3.63) is 243 Å². The zero-order valence-electron chi connectivity index (χ0n) is 54.2. The molecule has 86 heavy (non-hydrogen) atoms. The maximum atomic E-state index is 12.4. The Bertz CT molecular complexity index is 2160. The Morgan fingerprint density at radius 2 is 0.465 bits per heavy atom. The second kappa shape index (κ2) is 73.0. The predicted octanol–water partition coefficient (Wildman–Crippen LogP) is 23.9. The minimum atomic E-state index is -0.817. The van der Waals surface area contributed by atoms with Crippen molar-refractivity contribution in [2.24, 2.45) is 0 Å². The molecule has 5 heteroatoms. The van der Waals surface area contributed by atoms with Crippen LogP contribution in [0.2, 0.25) is 0 Å². The molecule has 1 N–H and O–H groups in total. The number of carbonyl (C=O) groups excluding carboxylic acids is 2. The van der Waals surface area contributed by atoms with Gasteiger partial charge in [-0.3, -0.25) is 9.59 Å². The van der Waals surface area contributed by atoms with Gasteiger partial charge in [0.1, 0.15) is 6.61 Å². The van der Waals surface area contributed by atoms with Gasteiger partial charge >= 0.3 is 11.9 Å². The monoisotopic (exact) mass is 1170 g/mol. The van der Waals surface area contributed by atoms with Gasteiger partial charge in [-0.2, -0.15) is 0 Å². The molecular weight excluding hydrogens is 1050 g/mol. The minimum Gasteiger partial charge on any atom is -0.462 e. The third kappa shape index (κ3) is 70.2. The van der Waals surface area contributed by atoms with E-state index in [-0.39, 0.29) is 25.2 Å². The van der Waals surface area contributed by atoms with Gasteiger partial charge in [0, 0.05) is 12.8 Å². The van der Waals surface area contributed by atoms with Crippen LogP contribution in [0.15, 0.2) is 243 Å². The van der Waals surface area contributed by atoms with Crippen molar-refractivity contribution >= 4 is 11.9 Å². The molecule has 0 aliphatic carbocycles. The summed E-state index contributed by atoms with van der Waals surface area (Å²) in [5.41, 5.74) is 0. The number of hydrogen-bond acceptors (Lipinski definition) is 5. The Labute approximate surface area is 527 Å². The van der Waals surface area contributed by atoms with E-state index < -0.39 is 6.10 Å². The largest absolute Gasteiger partial charge is 0.462 e. The lowest BCUT2D eigenvalue weighted by molar-refractivity contribution is -0.161. The van der Waals surface area contributed by atoms with E-state index in [2.05, 4.69) is 257 Å². The number of hydrogen-bond donors (Lipinski definition) is 1. The first kappa shape index (κ1) is 79.7. The number of ether oxygens (including phenoxy) is 2. The summed E-state index contributed by atoms with van der Waals surface area (Å²) in [7, 11) is 0. The molecule has 0 spiro atoms. The maximum Gasteiger partial charge on any atom is 0.306 e. The molecule has 0 bridgehead atoms. The van der Waals surface area contributed by atoms with E-state index in [1.54, 1.807) is 0 Å². The Kier molecular flexibility index (Phi) is 67.6. The fourth-order valence-corrected chi connectivity index (χ4v) is 8.20. The van der Waals surface area contributed by atoms with Gasteiger partial charge < -0.3 is 14.6 Å². The molecule has 0 heterocycles. The van der Waals surface area contributed by atoms with Crippen LogP contribution in [0.5, 0.6) is 0 Å². The van der Waals surface area contributed by atoms with Crippen molar-refractivity contribution in [3.8, 4) is 0 Å². The van der Waals surface area contributed by atoms with Gasteiger partial charge in [0.25, 0.3) is 0 Å². The van der Waals surface area contributed by atoms with Crippen LogP contribution in [0.3, 0.4) is 0 Å². The van der Waals surface area contributed by atoms with E-state index in [0.717, 1.165) is 173 Å². The number of esters is 2. The molecule has 0 saturated heterocycles. The van der Waals surface area contributed by atoms with Gasteiger partial charge in [-0.15, -0.1) is 0 Å². The van der Waals surface area contributed by atoms with Crippen LogP contribution in [0.25, 0.3) is 0 Å². The van der Waals surface area contributed by atoms with Crippen molar-refractivity contribution in [1.82, 2.24) is 0 Å². The van der Waals surface area contributed by atoms with Gasteiger partial charge in [-0.25, -0.2) is 0 Å². The van der Waals surface area contributed by atoms with Crippen molar-refractivity contribution in [3.63, 3.8) is 0 Å². The average molecular weight is 1170 g/mol. The lowest BCUT2D eigenvalue weighted by Crippen LogP contribution is -2.28. The van der Waals surface area contributed by atoms with Gasteiger partial charge in [-0.05, 0) is 167 Å². The number of carbonyl (C=O) groups is 2. The summed E-state index contributed by atoms with van der Waals surface area (Å²) in [5, 5.41) is 9.69. The van der Waals surface area contributed by atoms with Crippen LogP contribution in [-0.2, 0) is 19.1 Å². The Balaban J connectivity index is 3.70. The normalized spacial score (nSPS) is 13.8. The van der Waals surface area contributed by atoms with Crippen LogP contribution in [0, 0.1) is 0 Å². The molecule has 1 atom stereocenters. The maximum absolute atomic E-state index is 12.4. The number of aliphatic hydroxyl groups excluding tert-OH is 1. The summed E-state index contributed by atoms with van der Waals surface area (Å²) in [4.78, 5) is 24.6. The van der Waals surface area contributed by atoms with Crippen molar-refractivity contribution < 1.29 is 24.2 Å². The number of allylic oxidation sites excluding steroid dienone is 40. The molecule has 0 amide bonds. The molecule has 0 aromatic carbocycles. The first-order valence-corrected chi connectivity index (χ1v) is 33.6. The summed E-state index contributed by atoms with van der Waals surface area (Å²) in [6, 6.07) is 0. The highest BCUT2D eigenvalue weighted by Gasteiger charge is 2.16. The van der Waals surface area contributed by atoms with Crippen LogP contribution in [0.1, 0.15) is 232 Å². The van der Waals surface area contributed by atoms with Gasteiger partial charge in [0.05, 0.1) is 6.61 Å². The Morgan fingerprint density at radius 3 is 0.721 bits per heavy atom. The average Bonchev–Trinajstić information content (AvgIpc) is 3.55. The minimum absolute atomic E-state index is 0.109. The van der Waals surface area contributed by atoms with Crippen LogP contribution >= 0.6 is 0 Å². The number of aliphatic hydroxyl groups is 1. The molecule has 474 valence electrons. The highest BCUT2D eigenvalue weighted by molar-refractivity contribution is 5.70. The zero-order chi connectivity index (χ0) is 61.9. The Morgan fingerprint density at radius 1 is 0.267 bits per heavy atom. The molecular formula is C81H120O5. The molecule has 0 aliphatic rings. The SMILES string of the molecule is CC/C=C\C/C=C\C/C=C\C/C=C\C/C=C\C/C=C\C/C=C\C/C=C\C/C=C\C/C=C\CCCCCCCCCCC(=O)OC(CO)COC(=O)CCCC/C=C\C/C=C\C/C=C\C/C=C\C/C=C\C/C=C\C/C=C\C/C=C\C/C=C\C/C=C\CC. The smallest absolute Gasteiger partial charge is 0.306 e. The van der Waals surface area contributed by atoms with Gasteiger partial charge in [0.2, 0.25) is 0 Å². The highest BCUT2D eigenvalue weighted by Crippen LogP contribution is 2.13. The molecule has 0 aliphatic heterocycles. The van der Waals surface area contributed by atoms with E-state index in [0.29, 0.717) is 12.8 Å². The second-order valence-electron chi connectivity index (χ2n) is 21.1. The zero-order valence-corrected chi connectivity index (χ0v) is 54.2. The molecule has 0 radical (unpaired) electrons. The first-order valence-electron chi connectivity index (χ1n) is 33.6. The third-order valence-electron chi connectivity index (χ3n) is 13.1. The van der Waals surface area contributed by atoms with Gasteiger partial charge in [-0.1, -0.05) is 295 Å². The quantitative estimate of drug-likeness (QED) is 0.0373. The molecule has 0 aromatic heterocycles. The van der Waals surface area contributed by atoms with E-state index in [4.69, 9.17) is 9.47 Å². The van der Waals surface area contributed by atoms with Crippen LogP contribution < -0.4 is 0 Å². The number of rotatable bonds is 58. The molecule has 1 unspecified atom stereocenters. The lowest BCUT2D eigenvalue weighted by Gasteiger charge is -2.15. The fraction of sp³-hybridized carbons (Fsp3) is 0.481. The molecule has 0 saturated carbocycles. The van der Waals surface area contributed by atoms with Gasteiger partial charge in [0.15, 0.2) is 6.10 Å². The summed E-state index contributed by atoms with van der Waals surface area (Å²) in [6.45, 7) is 3.85. The lowest BCUT2D eigenvalue weighted by atomic mass is 10.1. The molecule has 0 fully saturated rings. The highest BCUT2D eigenvalue weighted by atomic mass is 16.6. The van der Waals surface area contributed by atoms with Crippen molar-refractivity contribution in [2.75, 3.05) is 13.2 Å². The summed E-state index contributed by atoms with van der Waals surface area (Å²) in [6.07, 6.45) is 121. The predicted molar refractivity (Wildman–Crippen MR) is 379 cm³/mol. The molecule has 5 nitrogen and oxygen atoms in total. The summed E-state index contributed by atoms with van der Waals surface area (Å²) >= 11 is 0. The van der Waals surface area contributed by atoms with E-state index in [9.17, 15) is 14.7 Å². The van der Waals surface area contributed by atoms with Crippen LogP contribution in [-0.4, -0.2) is 36.4 Å². The van der Waals surface area contributed by atoms with Crippen molar-refractivity contribution in [2.45, 2.75) is 238 Å². The summed E-state index contributed by atoms with van der Waals surface area (Å²) < 4.78 is 10.7. The van der Waals surface area contributed by atoms with Crippen LogP contribution in [0.4, 0.5) is 0 Å². The van der Waals surface area contributed by atoms with E-state index >= 15 is 0 Å². The van der Waals surface area contributed by atoms with E-state index in [1.807, 2.05) is 0 Å².